The Hall–Kier alpha value is -2.34. The molecule has 0 aromatic heterocycles. The fraction of sp³-hybridized carbons (Fsp3) is 0.391. The third-order valence-electron chi connectivity index (χ3n) is 4.68. The number of ether oxygens (including phenoxy) is 1. The van der Waals surface area contributed by atoms with Crippen LogP contribution in [0.4, 0.5) is 0 Å². The van der Waals surface area contributed by atoms with Crippen molar-refractivity contribution >= 4 is 27.7 Å². The number of aryl methyl sites for hydroxylation is 1. The molecular weight excluding hydrogens is 432 g/mol. The number of halogens is 1. The minimum absolute atomic E-state index is 0.125. The van der Waals surface area contributed by atoms with Crippen LogP contribution in [0.2, 0.25) is 0 Å². The van der Waals surface area contributed by atoms with Crippen molar-refractivity contribution in [2.24, 2.45) is 0 Å². The fourth-order valence-corrected chi connectivity index (χ4v) is 3.08. The second kappa shape index (κ2) is 11.6. The van der Waals surface area contributed by atoms with Crippen molar-refractivity contribution < 1.29 is 14.3 Å². The standard InChI is InChI=1S/C23H29BrN2O3/c1-4-5-13-25-23(28)18(3)26(15-19-9-7-6-8-10-19)22(27)16-29-20-11-12-21(24)17(2)14-20/h6-12,14,18H,4-5,13,15-16H2,1-3H3,(H,25,28)/t18-/m0/s1. The maximum Gasteiger partial charge on any atom is 0.261 e. The largest absolute Gasteiger partial charge is 0.484 e. The average molecular weight is 461 g/mol. The van der Waals surface area contributed by atoms with Gasteiger partial charge in [-0.3, -0.25) is 9.59 Å². The molecule has 0 spiro atoms. The topological polar surface area (TPSA) is 58.6 Å². The van der Waals surface area contributed by atoms with Crippen LogP contribution in [0.25, 0.3) is 0 Å². The van der Waals surface area contributed by atoms with Gasteiger partial charge in [-0.15, -0.1) is 0 Å². The Balaban J connectivity index is 2.08. The van der Waals surface area contributed by atoms with Gasteiger partial charge in [0, 0.05) is 17.6 Å². The number of nitrogens with zero attached hydrogens (tertiary/aromatic N) is 1. The summed E-state index contributed by atoms with van der Waals surface area (Å²) in [5.74, 6) is 0.244. The van der Waals surface area contributed by atoms with Crippen LogP contribution in [-0.4, -0.2) is 35.9 Å². The van der Waals surface area contributed by atoms with Gasteiger partial charge < -0.3 is 15.0 Å². The minimum atomic E-state index is -0.588. The summed E-state index contributed by atoms with van der Waals surface area (Å²) in [6, 6.07) is 14.6. The fourth-order valence-electron chi connectivity index (χ4n) is 2.83. The maximum atomic E-state index is 13.0. The maximum absolute atomic E-state index is 13.0. The van der Waals surface area contributed by atoms with E-state index in [0.717, 1.165) is 28.4 Å². The van der Waals surface area contributed by atoms with E-state index >= 15 is 0 Å². The third kappa shape index (κ3) is 7.20. The molecule has 0 aliphatic heterocycles. The molecule has 0 bridgehead atoms. The van der Waals surface area contributed by atoms with Gasteiger partial charge in [0.15, 0.2) is 6.61 Å². The van der Waals surface area contributed by atoms with Gasteiger partial charge in [0.1, 0.15) is 11.8 Å². The molecular formula is C23H29BrN2O3. The van der Waals surface area contributed by atoms with Gasteiger partial charge in [-0.05, 0) is 49.6 Å². The number of rotatable bonds is 10. The molecule has 5 nitrogen and oxygen atoms in total. The molecule has 6 heteroatoms. The predicted octanol–water partition coefficient (Wildman–Crippen LogP) is 4.47. The van der Waals surface area contributed by atoms with E-state index < -0.39 is 6.04 Å². The molecule has 156 valence electrons. The SMILES string of the molecule is CCCCNC(=O)[C@H](C)N(Cc1ccccc1)C(=O)COc1ccc(Br)c(C)c1. The Morgan fingerprint density at radius 2 is 1.90 bits per heavy atom. The number of nitrogens with one attached hydrogen (secondary N) is 1. The summed E-state index contributed by atoms with van der Waals surface area (Å²) >= 11 is 3.46. The first-order valence-electron chi connectivity index (χ1n) is 9.92. The number of unbranched alkanes of at least 4 members (excludes halogenated alkanes) is 1. The zero-order valence-corrected chi connectivity index (χ0v) is 18.9. The van der Waals surface area contributed by atoms with Crippen LogP contribution < -0.4 is 10.1 Å². The highest BCUT2D eigenvalue weighted by Crippen LogP contribution is 2.21. The van der Waals surface area contributed by atoms with Crippen molar-refractivity contribution in [2.45, 2.75) is 46.2 Å². The van der Waals surface area contributed by atoms with Gasteiger partial charge in [0.2, 0.25) is 5.91 Å². The van der Waals surface area contributed by atoms with Crippen molar-refractivity contribution in [3.8, 4) is 5.75 Å². The summed E-state index contributed by atoms with van der Waals surface area (Å²) in [4.78, 5) is 27.1. The minimum Gasteiger partial charge on any atom is -0.484 e. The zero-order valence-electron chi connectivity index (χ0n) is 17.3. The van der Waals surface area contributed by atoms with E-state index in [1.54, 1.807) is 11.8 Å². The van der Waals surface area contributed by atoms with Crippen LogP contribution >= 0.6 is 15.9 Å². The molecule has 0 saturated carbocycles. The number of carbonyl (C=O) groups is 2. The van der Waals surface area contributed by atoms with Crippen LogP contribution in [0.3, 0.4) is 0 Å². The molecule has 0 fully saturated rings. The molecule has 29 heavy (non-hydrogen) atoms. The van der Waals surface area contributed by atoms with Crippen LogP contribution in [-0.2, 0) is 16.1 Å². The number of hydrogen-bond donors (Lipinski definition) is 1. The second-order valence-electron chi connectivity index (χ2n) is 7.03. The molecule has 0 unspecified atom stereocenters. The van der Waals surface area contributed by atoms with Gasteiger partial charge in [-0.2, -0.15) is 0 Å². The van der Waals surface area contributed by atoms with Crippen LogP contribution in [0, 0.1) is 6.92 Å². The quantitative estimate of drug-likeness (QED) is 0.532. The highest BCUT2D eigenvalue weighted by Gasteiger charge is 2.26. The molecule has 2 rings (SSSR count). The third-order valence-corrected chi connectivity index (χ3v) is 5.57. The predicted molar refractivity (Wildman–Crippen MR) is 119 cm³/mol. The van der Waals surface area contributed by atoms with Crippen LogP contribution in [0.1, 0.15) is 37.8 Å². The Labute approximate surface area is 181 Å². The molecule has 1 atom stereocenters. The number of carbonyl (C=O) groups excluding carboxylic acids is 2. The van der Waals surface area contributed by atoms with E-state index in [1.807, 2.05) is 55.5 Å². The van der Waals surface area contributed by atoms with E-state index in [4.69, 9.17) is 4.74 Å². The van der Waals surface area contributed by atoms with Crippen molar-refractivity contribution in [1.29, 1.82) is 0 Å². The first-order valence-corrected chi connectivity index (χ1v) is 10.7. The summed E-state index contributed by atoms with van der Waals surface area (Å²) in [5.41, 5.74) is 1.99. The van der Waals surface area contributed by atoms with Gasteiger partial charge in [-0.25, -0.2) is 0 Å². The molecule has 2 aromatic carbocycles. The summed E-state index contributed by atoms with van der Waals surface area (Å²) < 4.78 is 6.69. The molecule has 0 radical (unpaired) electrons. The normalized spacial score (nSPS) is 11.6. The second-order valence-corrected chi connectivity index (χ2v) is 7.88. The molecule has 0 aliphatic carbocycles. The smallest absolute Gasteiger partial charge is 0.261 e. The molecule has 1 N–H and O–H groups in total. The lowest BCUT2D eigenvalue weighted by Gasteiger charge is -2.28. The molecule has 0 aliphatic rings. The molecule has 2 aromatic rings. The molecule has 0 heterocycles. The van der Waals surface area contributed by atoms with Crippen molar-refractivity contribution in [3.63, 3.8) is 0 Å². The van der Waals surface area contributed by atoms with E-state index in [1.165, 1.54) is 0 Å². The number of hydrogen-bond acceptors (Lipinski definition) is 3. The zero-order chi connectivity index (χ0) is 21.2. The van der Waals surface area contributed by atoms with E-state index in [0.29, 0.717) is 18.8 Å². The van der Waals surface area contributed by atoms with Gasteiger partial charge >= 0.3 is 0 Å². The lowest BCUT2D eigenvalue weighted by atomic mass is 10.1. The first-order chi connectivity index (χ1) is 13.9. The van der Waals surface area contributed by atoms with Gasteiger partial charge in [0.05, 0.1) is 0 Å². The number of amides is 2. The highest BCUT2D eigenvalue weighted by molar-refractivity contribution is 9.10. The average Bonchev–Trinajstić information content (AvgIpc) is 2.73. The van der Waals surface area contributed by atoms with Gasteiger partial charge in [0.25, 0.3) is 5.91 Å². The lowest BCUT2D eigenvalue weighted by Crippen LogP contribution is -2.49. The van der Waals surface area contributed by atoms with Crippen LogP contribution in [0.5, 0.6) is 5.75 Å². The summed E-state index contributed by atoms with van der Waals surface area (Å²) in [6.45, 7) is 6.63. The monoisotopic (exact) mass is 460 g/mol. The Bertz CT molecular complexity index is 811. The lowest BCUT2D eigenvalue weighted by molar-refractivity contribution is -0.142. The molecule has 2 amide bonds. The Kier molecular flexibility index (Phi) is 9.19. The van der Waals surface area contributed by atoms with Crippen molar-refractivity contribution in [2.75, 3.05) is 13.2 Å². The van der Waals surface area contributed by atoms with E-state index in [2.05, 4.69) is 28.2 Å². The van der Waals surface area contributed by atoms with Crippen molar-refractivity contribution in [1.82, 2.24) is 10.2 Å². The van der Waals surface area contributed by atoms with Crippen molar-refractivity contribution in [3.05, 3.63) is 64.1 Å². The summed E-state index contributed by atoms with van der Waals surface area (Å²) in [6.07, 6.45) is 1.92. The Morgan fingerprint density at radius 3 is 2.55 bits per heavy atom. The van der Waals surface area contributed by atoms with Crippen LogP contribution in [0.15, 0.2) is 53.0 Å². The molecule has 0 saturated heterocycles. The Morgan fingerprint density at radius 1 is 1.17 bits per heavy atom. The first kappa shape index (κ1) is 22.9. The number of benzene rings is 2. The highest BCUT2D eigenvalue weighted by atomic mass is 79.9. The summed E-state index contributed by atoms with van der Waals surface area (Å²) in [7, 11) is 0. The van der Waals surface area contributed by atoms with Gasteiger partial charge in [-0.1, -0.05) is 59.6 Å². The summed E-state index contributed by atoms with van der Waals surface area (Å²) in [5, 5.41) is 2.91. The van der Waals surface area contributed by atoms with E-state index in [-0.39, 0.29) is 18.4 Å². The van der Waals surface area contributed by atoms with E-state index in [9.17, 15) is 9.59 Å².